The summed E-state index contributed by atoms with van der Waals surface area (Å²) in [5.41, 5.74) is 3.33. The summed E-state index contributed by atoms with van der Waals surface area (Å²) in [6, 6.07) is 27.1. The molecule has 80 heavy (non-hydrogen) atoms. The van der Waals surface area contributed by atoms with E-state index in [9.17, 15) is 19.2 Å². The standard InChI is InChI=1S/C61H66F3N9O6S/c1-36(71-31-33-72(34-32-71)47-16-9-14-43-53(69-70(5)55(43)47)44-26-28-51(74)67-57(44)76)19-20-37-21-23-39(24-22-37)78-48-17-10-12-40(52(48)61(62,63)64)41-25-27-50(66-54(41)58(77)79-60(2,3)4)73-30-29-38-11-8-13-42(45(38)35-73)56(75)68-59-65-46-15-6-7-18-49(46)80-59/h6-18,25,27,36-37,39,44H,19-24,26,28-35H2,1-5H3,(H,65,68,75)(H,67,74,76)/t36-,37?,39?,44?/m0/s1. The number of fused-ring (bicyclic) bond motifs is 3. The average molecular weight is 1110 g/mol. The van der Waals surface area contributed by atoms with Crippen molar-refractivity contribution in [2.24, 2.45) is 13.0 Å². The summed E-state index contributed by atoms with van der Waals surface area (Å²) in [4.78, 5) is 68.8. The Bertz CT molecular complexity index is 3470. The van der Waals surface area contributed by atoms with Crippen molar-refractivity contribution in [3.05, 3.63) is 125 Å². The van der Waals surface area contributed by atoms with Crippen molar-refractivity contribution < 1.29 is 41.8 Å². The van der Waals surface area contributed by atoms with Gasteiger partial charge in [-0.2, -0.15) is 18.3 Å². The van der Waals surface area contributed by atoms with E-state index in [0.717, 1.165) is 89.8 Å². The van der Waals surface area contributed by atoms with Crippen molar-refractivity contribution in [3.8, 4) is 16.9 Å². The number of nitrogens with zero attached hydrogens (tertiary/aromatic N) is 7. The first-order valence-electron chi connectivity index (χ1n) is 27.8. The summed E-state index contributed by atoms with van der Waals surface area (Å²) in [6.45, 7) is 11.6. The van der Waals surface area contributed by atoms with Gasteiger partial charge in [-0.15, -0.1) is 0 Å². The summed E-state index contributed by atoms with van der Waals surface area (Å²) in [5.74, 6) is -1.69. The highest BCUT2D eigenvalue weighted by Crippen LogP contribution is 2.46. The minimum Gasteiger partial charge on any atom is -0.490 e. The Balaban J connectivity index is 0.738. The minimum absolute atomic E-state index is 0.0280. The van der Waals surface area contributed by atoms with Gasteiger partial charge in [0.15, 0.2) is 10.8 Å². The number of benzene rings is 4. The maximum atomic E-state index is 15.5. The number of ether oxygens (including phenoxy) is 2. The number of thiazole rings is 1. The number of rotatable bonds is 13. The maximum absolute atomic E-state index is 15.5. The van der Waals surface area contributed by atoms with Crippen LogP contribution >= 0.6 is 11.3 Å². The Labute approximate surface area is 466 Å². The molecule has 1 aliphatic carbocycles. The molecule has 0 spiro atoms. The topological polar surface area (TPSA) is 164 Å². The molecule has 15 nitrogen and oxygen atoms in total. The zero-order valence-corrected chi connectivity index (χ0v) is 46.5. The molecule has 0 radical (unpaired) electrons. The molecular weight excluding hydrogens is 1040 g/mol. The molecule has 1 unspecified atom stereocenters. The van der Waals surface area contributed by atoms with E-state index in [1.54, 1.807) is 32.9 Å². The van der Waals surface area contributed by atoms with Gasteiger partial charge < -0.3 is 19.3 Å². The highest BCUT2D eigenvalue weighted by Gasteiger charge is 2.40. The number of hydrogen-bond acceptors (Lipinski definition) is 13. The van der Waals surface area contributed by atoms with E-state index in [1.807, 2.05) is 65.2 Å². The Hall–Kier alpha value is -7.38. The molecule has 418 valence electrons. The maximum Gasteiger partial charge on any atom is 0.420 e. The normalized spacial score (nSPS) is 19.7. The predicted molar refractivity (Wildman–Crippen MR) is 303 cm³/mol. The fourth-order valence-electron chi connectivity index (χ4n) is 12.1. The van der Waals surface area contributed by atoms with Gasteiger partial charge >= 0.3 is 12.1 Å². The molecule has 3 aliphatic heterocycles. The van der Waals surface area contributed by atoms with E-state index in [0.29, 0.717) is 72.8 Å². The van der Waals surface area contributed by atoms with Gasteiger partial charge in [0.2, 0.25) is 11.8 Å². The Kier molecular flexibility index (Phi) is 15.2. The number of pyridine rings is 1. The number of nitrogens with one attached hydrogen (secondary N) is 2. The molecule has 3 aromatic heterocycles. The number of carbonyl (C=O) groups is 4. The zero-order chi connectivity index (χ0) is 56.0. The molecule has 19 heteroatoms. The third-order valence-corrected chi connectivity index (χ3v) is 17.2. The van der Waals surface area contributed by atoms with Crippen LogP contribution in [0.4, 0.5) is 29.8 Å². The smallest absolute Gasteiger partial charge is 0.420 e. The fraction of sp³-hybridized carbons (Fsp3) is 0.426. The number of halogens is 3. The van der Waals surface area contributed by atoms with E-state index in [-0.39, 0.29) is 46.8 Å². The summed E-state index contributed by atoms with van der Waals surface area (Å²) >= 11 is 1.38. The van der Waals surface area contributed by atoms with Gasteiger partial charge in [-0.3, -0.25) is 34.6 Å². The van der Waals surface area contributed by atoms with Crippen LogP contribution in [0, 0.1) is 5.92 Å². The Morgan fingerprint density at radius 2 is 1.59 bits per heavy atom. The van der Waals surface area contributed by atoms with Crippen LogP contribution in [-0.4, -0.2) is 98.8 Å². The van der Waals surface area contributed by atoms with Crippen molar-refractivity contribution in [3.63, 3.8) is 0 Å². The van der Waals surface area contributed by atoms with Gasteiger partial charge in [0.05, 0.1) is 39.1 Å². The molecule has 4 aliphatic rings. The molecule has 0 bridgehead atoms. The van der Waals surface area contributed by atoms with E-state index in [4.69, 9.17) is 19.6 Å². The van der Waals surface area contributed by atoms with Crippen LogP contribution in [0.5, 0.6) is 5.75 Å². The molecule has 2 atom stereocenters. The van der Waals surface area contributed by atoms with Crippen molar-refractivity contribution in [2.75, 3.05) is 47.8 Å². The first-order valence-corrected chi connectivity index (χ1v) is 28.6. The summed E-state index contributed by atoms with van der Waals surface area (Å²) < 4.78 is 61.5. The lowest BCUT2D eigenvalue weighted by Crippen LogP contribution is -2.49. The number of aromatic nitrogens is 4. The van der Waals surface area contributed by atoms with Crippen molar-refractivity contribution in [1.29, 1.82) is 0 Å². The van der Waals surface area contributed by atoms with Gasteiger partial charge in [-0.25, -0.2) is 14.8 Å². The van der Waals surface area contributed by atoms with Crippen molar-refractivity contribution in [1.82, 2.24) is 30.0 Å². The number of alkyl halides is 3. The average Bonchev–Trinajstić information content (AvgIpc) is 4.06. The van der Waals surface area contributed by atoms with Gasteiger partial charge in [0, 0.05) is 80.9 Å². The van der Waals surface area contributed by atoms with Crippen LogP contribution in [0.25, 0.3) is 32.2 Å². The Morgan fingerprint density at radius 1 is 0.825 bits per heavy atom. The van der Waals surface area contributed by atoms with Crippen LogP contribution in [-0.2, 0) is 40.5 Å². The first kappa shape index (κ1) is 54.6. The van der Waals surface area contributed by atoms with E-state index >= 15 is 13.2 Å². The molecule has 2 N–H and O–H groups in total. The molecule has 3 amide bonds. The molecule has 7 aromatic rings. The quantitative estimate of drug-likeness (QED) is 0.0831. The molecule has 2 saturated heterocycles. The van der Waals surface area contributed by atoms with Gasteiger partial charge in [0.25, 0.3) is 5.91 Å². The lowest BCUT2D eigenvalue weighted by molar-refractivity contribution is -0.139. The molecule has 11 rings (SSSR count). The number of hydrogen-bond donors (Lipinski definition) is 2. The third kappa shape index (κ3) is 11.5. The second kappa shape index (κ2) is 22.3. The Morgan fingerprint density at radius 3 is 2.34 bits per heavy atom. The van der Waals surface area contributed by atoms with Crippen LogP contribution < -0.4 is 25.2 Å². The number of aryl methyl sites for hydroxylation is 1. The van der Waals surface area contributed by atoms with Crippen LogP contribution in [0.1, 0.15) is 128 Å². The molecule has 4 aromatic carbocycles. The van der Waals surface area contributed by atoms with Gasteiger partial charge in [-0.05, 0) is 139 Å². The first-order chi connectivity index (χ1) is 38.3. The summed E-state index contributed by atoms with van der Waals surface area (Å²) in [7, 11) is 1.91. The predicted octanol–water partition coefficient (Wildman–Crippen LogP) is 11.5. The number of piperazine rings is 1. The second-order valence-corrected chi connectivity index (χ2v) is 23.7. The number of para-hydroxylation sites is 2. The van der Waals surface area contributed by atoms with E-state index < -0.39 is 35.3 Å². The van der Waals surface area contributed by atoms with Crippen LogP contribution in [0.15, 0.2) is 91.0 Å². The largest absolute Gasteiger partial charge is 0.490 e. The fourth-order valence-corrected chi connectivity index (χ4v) is 13.0. The second-order valence-electron chi connectivity index (χ2n) is 22.7. The number of carbonyl (C=O) groups excluding carboxylic acids is 4. The lowest BCUT2D eigenvalue weighted by Gasteiger charge is -2.40. The number of esters is 1. The van der Waals surface area contributed by atoms with Crippen molar-refractivity contribution >= 4 is 72.8 Å². The highest BCUT2D eigenvalue weighted by atomic mass is 32.1. The van der Waals surface area contributed by atoms with E-state index in [2.05, 4.69) is 38.4 Å². The van der Waals surface area contributed by atoms with Crippen LogP contribution in [0.3, 0.4) is 0 Å². The zero-order valence-electron chi connectivity index (χ0n) is 45.7. The monoisotopic (exact) mass is 1110 g/mol. The molecule has 6 heterocycles. The summed E-state index contributed by atoms with van der Waals surface area (Å²) in [5, 5.41) is 11.6. The number of imide groups is 1. The van der Waals surface area contributed by atoms with Gasteiger partial charge in [-0.1, -0.05) is 59.9 Å². The highest BCUT2D eigenvalue weighted by molar-refractivity contribution is 7.22. The molecule has 1 saturated carbocycles. The SMILES string of the molecule is C[C@@H](CCC1CCC(Oc2cccc(-c3ccc(N4CCc5cccc(C(=O)Nc6nc7ccccc7s6)c5C4)nc3C(=O)OC(C)(C)C)c2C(F)(F)F)CC1)N1CCN(c2cccc3c(C4CCC(=O)NC4=O)nn(C)c23)CC1. The van der Waals surface area contributed by atoms with Gasteiger partial charge in [0.1, 0.15) is 22.7 Å². The number of amides is 3. The molecular formula is C61H66F3N9O6S. The number of piperidine rings is 1. The lowest BCUT2D eigenvalue weighted by atomic mass is 9.83. The van der Waals surface area contributed by atoms with Crippen molar-refractivity contribution in [2.45, 2.75) is 122 Å². The van der Waals surface area contributed by atoms with Crippen LogP contribution in [0.2, 0.25) is 0 Å². The molecule has 3 fully saturated rings. The van der Waals surface area contributed by atoms with E-state index in [1.165, 1.54) is 35.6 Å². The minimum atomic E-state index is -4.85. The summed E-state index contributed by atoms with van der Waals surface area (Å²) in [6.07, 6.45) is 0.966. The third-order valence-electron chi connectivity index (χ3n) is 16.2. The number of anilines is 3.